The predicted octanol–water partition coefficient (Wildman–Crippen LogP) is 2.55. The van der Waals surface area contributed by atoms with E-state index in [1.165, 1.54) is 4.80 Å². The SMILES string of the molecule is Cn1nnc(-c2cccc(NC(=O)N3CCCC[C@@H]3CCn3cccn3)c2)n1. The molecule has 0 saturated carbocycles. The van der Waals surface area contributed by atoms with Crippen molar-refractivity contribution in [3.05, 3.63) is 42.7 Å². The maximum Gasteiger partial charge on any atom is 0.322 e. The molecular formula is C19H24N8O. The Labute approximate surface area is 163 Å². The van der Waals surface area contributed by atoms with Crippen molar-refractivity contribution in [3.8, 4) is 11.4 Å². The summed E-state index contributed by atoms with van der Waals surface area (Å²) >= 11 is 0. The lowest BCUT2D eigenvalue weighted by molar-refractivity contribution is 0.154. The zero-order chi connectivity index (χ0) is 19.3. The van der Waals surface area contributed by atoms with Crippen molar-refractivity contribution < 1.29 is 4.79 Å². The van der Waals surface area contributed by atoms with Crippen molar-refractivity contribution in [2.75, 3.05) is 11.9 Å². The fourth-order valence-electron chi connectivity index (χ4n) is 3.61. The van der Waals surface area contributed by atoms with Crippen molar-refractivity contribution >= 4 is 11.7 Å². The molecule has 2 amide bonds. The number of likely N-dealkylation sites (tertiary alicyclic amines) is 1. The number of nitrogens with one attached hydrogen (secondary N) is 1. The van der Waals surface area contributed by atoms with E-state index in [4.69, 9.17) is 0 Å². The van der Waals surface area contributed by atoms with Crippen molar-refractivity contribution in [3.63, 3.8) is 0 Å². The highest BCUT2D eigenvalue weighted by atomic mass is 16.2. The third-order valence-corrected chi connectivity index (χ3v) is 5.02. The zero-order valence-corrected chi connectivity index (χ0v) is 15.9. The van der Waals surface area contributed by atoms with Gasteiger partial charge in [0.05, 0.1) is 7.05 Å². The highest BCUT2D eigenvalue weighted by Crippen LogP contribution is 2.23. The molecule has 146 valence electrons. The smallest absolute Gasteiger partial charge is 0.321 e. The van der Waals surface area contributed by atoms with Crippen LogP contribution in [0.5, 0.6) is 0 Å². The number of nitrogens with zero attached hydrogens (tertiary/aromatic N) is 7. The Kier molecular flexibility index (Phi) is 5.31. The second-order valence-corrected chi connectivity index (χ2v) is 7.01. The number of rotatable bonds is 5. The summed E-state index contributed by atoms with van der Waals surface area (Å²) in [6.45, 7) is 1.59. The summed E-state index contributed by atoms with van der Waals surface area (Å²) in [6, 6.07) is 9.62. The van der Waals surface area contributed by atoms with Crippen LogP contribution < -0.4 is 5.32 Å². The lowest BCUT2D eigenvalue weighted by Crippen LogP contribution is -2.46. The Morgan fingerprint density at radius 2 is 2.21 bits per heavy atom. The Morgan fingerprint density at radius 1 is 1.29 bits per heavy atom. The Balaban J connectivity index is 1.42. The van der Waals surface area contributed by atoms with Crippen LogP contribution in [0.15, 0.2) is 42.7 Å². The van der Waals surface area contributed by atoms with Crippen LogP contribution in [0.1, 0.15) is 25.7 Å². The Morgan fingerprint density at radius 3 is 3.00 bits per heavy atom. The maximum atomic E-state index is 12.9. The van der Waals surface area contributed by atoms with Crippen molar-refractivity contribution in [1.82, 2.24) is 34.9 Å². The number of tetrazole rings is 1. The van der Waals surface area contributed by atoms with Crippen LogP contribution in [-0.2, 0) is 13.6 Å². The van der Waals surface area contributed by atoms with E-state index in [9.17, 15) is 4.79 Å². The van der Waals surface area contributed by atoms with Gasteiger partial charge in [0.15, 0.2) is 0 Å². The number of anilines is 1. The average Bonchev–Trinajstić information content (AvgIpc) is 3.38. The van der Waals surface area contributed by atoms with Gasteiger partial charge in [-0.1, -0.05) is 12.1 Å². The quantitative estimate of drug-likeness (QED) is 0.734. The molecule has 0 spiro atoms. The first-order valence-electron chi connectivity index (χ1n) is 9.58. The lowest BCUT2D eigenvalue weighted by atomic mass is 10.00. The standard InChI is InChI=1S/C19H24N8O/c1-25-23-18(22-24-25)15-6-4-7-16(14-15)21-19(28)27-12-3-2-8-17(27)9-13-26-11-5-10-20-26/h4-7,10-11,14,17H,2-3,8-9,12-13H2,1H3,(H,21,28)/t17-/m1/s1. The Hall–Kier alpha value is -3.23. The molecule has 1 fully saturated rings. The minimum absolute atomic E-state index is 0.0607. The van der Waals surface area contributed by atoms with E-state index in [-0.39, 0.29) is 12.1 Å². The first-order chi connectivity index (χ1) is 13.7. The first kappa shape index (κ1) is 18.1. The van der Waals surface area contributed by atoms with Gasteiger partial charge >= 0.3 is 6.03 Å². The molecule has 1 aliphatic heterocycles. The van der Waals surface area contributed by atoms with Crippen LogP contribution >= 0.6 is 0 Å². The molecule has 0 radical (unpaired) electrons. The molecule has 2 aromatic heterocycles. The van der Waals surface area contributed by atoms with E-state index >= 15 is 0 Å². The van der Waals surface area contributed by atoms with Crippen LogP contribution in [0.2, 0.25) is 0 Å². The molecule has 1 N–H and O–H groups in total. The molecule has 4 rings (SSSR count). The molecule has 0 unspecified atom stereocenters. The van der Waals surface area contributed by atoms with Crippen LogP contribution in [0.4, 0.5) is 10.5 Å². The van der Waals surface area contributed by atoms with Crippen molar-refractivity contribution in [2.45, 2.75) is 38.3 Å². The van der Waals surface area contributed by atoms with Gasteiger partial charge < -0.3 is 10.2 Å². The first-order valence-corrected chi connectivity index (χ1v) is 9.58. The van der Waals surface area contributed by atoms with Crippen LogP contribution in [0.25, 0.3) is 11.4 Å². The zero-order valence-electron chi connectivity index (χ0n) is 15.9. The highest BCUT2D eigenvalue weighted by Gasteiger charge is 2.26. The molecular weight excluding hydrogens is 356 g/mol. The number of aryl methyl sites for hydroxylation is 2. The molecule has 0 aliphatic carbocycles. The van der Waals surface area contributed by atoms with E-state index in [0.717, 1.165) is 50.0 Å². The fourth-order valence-corrected chi connectivity index (χ4v) is 3.61. The lowest BCUT2D eigenvalue weighted by Gasteiger charge is -2.35. The third kappa shape index (κ3) is 4.19. The van der Waals surface area contributed by atoms with Gasteiger partial charge in [-0.15, -0.1) is 10.2 Å². The van der Waals surface area contributed by atoms with Gasteiger partial charge in [-0.25, -0.2) is 4.79 Å². The highest BCUT2D eigenvalue weighted by molar-refractivity contribution is 5.90. The summed E-state index contributed by atoms with van der Waals surface area (Å²) in [5.74, 6) is 0.536. The van der Waals surface area contributed by atoms with Gasteiger partial charge in [-0.2, -0.15) is 9.90 Å². The van der Waals surface area contributed by atoms with E-state index in [2.05, 4.69) is 25.8 Å². The van der Waals surface area contributed by atoms with Crippen molar-refractivity contribution in [2.24, 2.45) is 7.05 Å². The third-order valence-electron chi connectivity index (χ3n) is 5.02. The van der Waals surface area contributed by atoms with E-state index in [1.807, 2.05) is 46.1 Å². The van der Waals surface area contributed by atoms with E-state index in [1.54, 1.807) is 13.2 Å². The Bertz CT molecular complexity index is 920. The van der Waals surface area contributed by atoms with Gasteiger partial charge in [0, 0.05) is 42.8 Å². The number of piperidine rings is 1. The van der Waals surface area contributed by atoms with Gasteiger partial charge in [0.1, 0.15) is 0 Å². The number of benzene rings is 1. The van der Waals surface area contributed by atoms with Gasteiger partial charge in [-0.3, -0.25) is 4.68 Å². The number of carbonyl (C=O) groups excluding carboxylic acids is 1. The topological polar surface area (TPSA) is 93.8 Å². The molecule has 28 heavy (non-hydrogen) atoms. The molecule has 1 atom stereocenters. The van der Waals surface area contributed by atoms with Gasteiger partial charge in [-0.05, 0) is 49.1 Å². The van der Waals surface area contributed by atoms with Gasteiger partial charge in [0.2, 0.25) is 5.82 Å². The molecule has 9 heteroatoms. The summed E-state index contributed by atoms with van der Waals surface area (Å²) in [7, 11) is 1.72. The second-order valence-electron chi connectivity index (χ2n) is 7.01. The molecule has 1 aromatic carbocycles. The van der Waals surface area contributed by atoms with E-state index in [0.29, 0.717) is 5.82 Å². The van der Waals surface area contributed by atoms with E-state index < -0.39 is 0 Å². The molecule has 9 nitrogen and oxygen atoms in total. The normalized spacial score (nSPS) is 16.9. The van der Waals surface area contributed by atoms with Gasteiger partial charge in [0.25, 0.3) is 0 Å². The average molecular weight is 380 g/mol. The summed E-state index contributed by atoms with van der Waals surface area (Å²) in [4.78, 5) is 16.3. The number of urea groups is 1. The largest absolute Gasteiger partial charge is 0.322 e. The maximum absolute atomic E-state index is 12.9. The van der Waals surface area contributed by atoms with Crippen molar-refractivity contribution in [1.29, 1.82) is 0 Å². The molecule has 3 heterocycles. The summed E-state index contributed by atoms with van der Waals surface area (Å²) < 4.78 is 1.92. The minimum Gasteiger partial charge on any atom is -0.321 e. The number of carbonyl (C=O) groups is 1. The number of amides is 2. The minimum atomic E-state index is -0.0607. The van der Waals surface area contributed by atoms with Crippen LogP contribution in [-0.4, -0.2) is 53.5 Å². The number of aromatic nitrogens is 6. The number of hydrogen-bond donors (Lipinski definition) is 1. The molecule has 0 bridgehead atoms. The fraction of sp³-hybridized carbons (Fsp3) is 0.421. The predicted molar refractivity (Wildman–Crippen MR) is 104 cm³/mol. The second kappa shape index (κ2) is 8.20. The monoisotopic (exact) mass is 380 g/mol. The molecule has 3 aromatic rings. The summed E-state index contributed by atoms with van der Waals surface area (Å²) in [6.07, 6.45) is 7.86. The van der Waals surface area contributed by atoms with Crippen LogP contribution in [0, 0.1) is 0 Å². The summed E-state index contributed by atoms with van der Waals surface area (Å²) in [5.41, 5.74) is 1.55. The molecule has 1 aliphatic rings. The molecule has 1 saturated heterocycles. The number of hydrogen-bond acceptors (Lipinski definition) is 5. The van der Waals surface area contributed by atoms with Crippen LogP contribution in [0.3, 0.4) is 0 Å². The summed E-state index contributed by atoms with van der Waals surface area (Å²) in [5, 5.41) is 19.4.